The maximum absolute atomic E-state index is 13.0. The molecule has 0 aliphatic heterocycles. The van der Waals surface area contributed by atoms with Gasteiger partial charge >= 0.3 is 0 Å². The summed E-state index contributed by atoms with van der Waals surface area (Å²) in [5.41, 5.74) is 5.74. The minimum atomic E-state index is -0.0331. The molecule has 3 rings (SSSR count). The number of aromatic nitrogens is 2. The summed E-state index contributed by atoms with van der Waals surface area (Å²) in [6.45, 7) is 4.97. The molecule has 0 fully saturated rings. The van der Waals surface area contributed by atoms with E-state index in [-0.39, 0.29) is 5.91 Å². The van der Waals surface area contributed by atoms with Gasteiger partial charge in [0.15, 0.2) is 0 Å². The fourth-order valence-corrected chi connectivity index (χ4v) is 3.73. The van der Waals surface area contributed by atoms with Crippen molar-refractivity contribution in [2.24, 2.45) is 0 Å². The second-order valence-electron chi connectivity index (χ2n) is 7.39. The topological polar surface area (TPSA) is 71.2 Å². The molecule has 1 heterocycles. The first-order chi connectivity index (χ1) is 14.9. The van der Waals surface area contributed by atoms with Gasteiger partial charge in [-0.2, -0.15) is 10.4 Å². The normalized spacial score (nSPS) is 10.7. The second kappa shape index (κ2) is 9.78. The number of nitriles is 1. The van der Waals surface area contributed by atoms with E-state index >= 15 is 0 Å². The summed E-state index contributed by atoms with van der Waals surface area (Å²) >= 11 is 6.21. The van der Waals surface area contributed by atoms with Gasteiger partial charge in [-0.05, 0) is 43.7 Å². The Balaban J connectivity index is 1.94. The molecule has 0 bridgehead atoms. The predicted octanol–water partition coefficient (Wildman–Crippen LogP) is 4.32. The van der Waals surface area contributed by atoms with Gasteiger partial charge in [-0.15, -0.1) is 0 Å². The van der Waals surface area contributed by atoms with Crippen LogP contribution in [0.15, 0.2) is 42.5 Å². The van der Waals surface area contributed by atoms with Crippen LogP contribution in [0.3, 0.4) is 0 Å². The van der Waals surface area contributed by atoms with Gasteiger partial charge in [0.1, 0.15) is 6.07 Å². The molecule has 7 heteroatoms. The summed E-state index contributed by atoms with van der Waals surface area (Å²) in [6, 6.07) is 15.0. The molecule has 6 nitrogen and oxygen atoms in total. The molecule has 0 N–H and O–H groups in total. The summed E-state index contributed by atoms with van der Waals surface area (Å²) in [5, 5.41) is 14.2. The average molecular weight is 437 g/mol. The Morgan fingerprint density at radius 3 is 2.68 bits per heavy atom. The molecule has 0 spiro atoms. The van der Waals surface area contributed by atoms with Crippen LogP contribution in [0.2, 0.25) is 5.02 Å². The quantitative estimate of drug-likeness (QED) is 0.552. The fourth-order valence-electron chi connectivity index (χ4n) is 3.52. The van der Waals surface area contributed by atoms with Gasteiger partial charge in [0.2, 0.25) is 0 Å². The lowest BCUT2D eigenvalue weighted by Gasteiger charge is -2.18. The molecule has 3 aromatic rings. The highest BCUT2D eigenvalue weighted by atomic mass is 35.5. The first kappa shape index (κ1) is 22.5. The van der Waals surface area contributed by atoms with Gasteiger partial charge in [0, 0.05) is 43.9 Å². The third kappa shape index (κ3) is 4.79. The number of benzene rings is 2. The maximum atomic E-state index is 13.0. The maximum Gasteiger partial charge on any atom is 0.253 e. The average Bonchev–Trinajstić information content (AvgIpc) is 3.05. The molecular weight excluding hydrogens is 412 g/mol. The van der Waals surface area contributed by atoms with E-state index < -0.39 is 0 Å². The van der Waals surface area contributed by atoms with Crippen LogP contribution in [-0.2, 0) is 11.2 Å². The Bertz CT molecular complexity index is 1150. The molecule has 160 valence electrons. The molecule has 2 aromatic carbocycles. The highest BCUT2D eigenvalue weighted by molar-refractivity contribution is 6.31. The monoisotopic (exact) mass is 436 g/mol. The molecule has 0 aliphatic rings. The highest BCUT2D eigenvalue weighted by Gasteiger charge is 2.19. The zero-order valence-electron chi connectivity index (χ0n) is 18.1. The van der Waals surface area contributed by atoms with Crippen LogP contribution < -0.4 is 0 Å². The third-order valence-electron chi connectivity index (χ3n) is 5.35. The Kier molecular flexibility index (Phi) is 7.11. The summed E-state index contributed by atoms with van der Waals surface area (Å²) in [5.74, 6) is -0.0331. The molecule has 0 atom stereocenters. The lowest BCUT2D eigenvalue weighted by Crippen LogP contribution is -2.30. The largest absolute Gasteiger partial charge is 0.383 e. The standard InChI is InChI=1S/C24H25ClN4O2/c1-16-22(17(2)29(27-16)20-10-9-19(15-26)23(25)14-20)13-18-7-5-6-8-21(18)24(30)28(3)11-12-31-4/h5-10,14H,11-13H2,1-4H3. The smallest absolute Gasteiger partial charge is 0.253 e. The van der Waals surface area contributed by atoms with Crippen molar-refractivity contribution in [3.63, 3.8) is 0 Å². The number of hydrogen-bond donors (Lipinski definition) is 0. The lowest BCUT2D eigenvalue weighted by atomic mass is 9.98. The minimum Gasteiger partial charge on any atom is -0.383 e. The van der Waals surface area contributed by atoms with E-state index in [1.54, 1.807) is 31.2 Å². The molecule has 0 unspecified atom stereocenters. The van der Waals surface area contributed by atoms with Crippen LogP contribution in [-0.4, -0.2) is 47.9 Å². The Morgan fingerprint density at radius 2 is 2.00 bits per heavy atom. The van der Waals surface area contributed by atoms with Crippen molar-refractivity contribution < 1.29 is 9.53 Å². The van der Waals surface area contributed by atoms with Crippen molar-refractivity contribution in [2.75, 3.05) is 27.3 Å². The van der Waals surface area contributed by atoms with E-state index in [2.05, 4.69) is 11.2 Å². The van der Waals surface area contributed by atoms with E-state index in [4.69, 9.17) is 21.6 Å². The van der Waals surface area contributed by atoms with E-state index in [0.29, 0.717) is 35.7 Å². The van der Waals surface area contributed by atoms with Gasteiger partial charge in [-0.25, -0.2) is 4.68 Å². The Morgan fingerprint density at radius 1 is 1.26 bits per heavy atom. The second-order valence-corrected chi connectivity index (χ2v) is 7.80. The number of aryl methyl sites for hydroxylation is 1. The van der Waals surface area contributed by atoms with Gasteiger partial charge in [-0.3, -0.25) is 4.79 Å². The molecular formula is C24H25ClN4O2. The molecule has 0 saturated carbocycles. The summed E-state index contributed by atoms with van der Waals surface area (Å²) in [4.78, 5) is 14.6. The third-order valence-corrected chi connectivity index (χ3v) is 5.66. The molecule has 0 aliphatic carbocycles. The van der Waals surface area contributed by atoms with Crippen molar-refractivity contribution in [2.45, 2.75) is 20.3 Å². The number of carbonyl (C=O) groups excluding carboxylic acids is 1. The van der Waals surface area contributed by atoms with Crippen LogP contribution in [0.5, 0.6) is 0 Å². The van der Waals surface area contributed by atoms with Crippen molar-refractivity contribution >= 4 is 17.5 Å². The van der Waals surface area contributed by atoms with E-state index in [9.17, 15) is 4.79 Å². The number of rotatable bonds is 7. The van der Waals surface area contributed by atoms with E-state index in [1.807, 2.05) is 48.9 Å². The number of ether oxygens (including phenoxy) is 1. The number of carbonyl (C=O) groups is 1. The van der Waals surface area contributed by atoms with Crippen LogP contribution >= 0.6 is 11.6 Å². The van der Waals surface area contributed by atoms with E-state index in [1.165, 1.54) is 0 Å². The van der Waals surface area contributed by atoms with Crippen LogP contribution in [0, 0.1) is 25.2 Å². The molecule has 1 amide bonds. The SMILES string of the molecule is COCCN(C)C(=O)c1ccccc1Cc1c(C)nn(-c2ccc(C#N)c(Cl)c2)c1C. The van der Waals surface area contributed by atoms with Gasteiger partial charge in [0.05, 0.1) is 28.6 Å². The summed E-state index contributed by atoms with van der Waals surface area (Å²) in [6.07, 6.45) is 0.585. The zero-order chi connectivity index (χ0) is 22.5. The van der Waals surface area contributed by atoms with Gasteiger partial charge in [-0.1, -0.05) is 29.8 Å². The zero-order valence-corrected chi connectivity index (χ0v) is 18.9. The molecule has 0 radical (unpaired) electrons. The first-order valence-corrected chi connectivity index (χ1v) is 10.3. The van der Waals surface area contributed by atoms with Crippen LogP contribution in [0.4, 0.5) is 0 Å². The predicted molar refractivity (Wildman–Crippen MR) is 121 cm³/mol. The number of halogens is 1. The molecule has 31 heavy (non-hydrogen) atoms. The Hall–Kier alpha value is -3.14. The number of hydrogen-bond acceptors (Lipinski definition) is 4. The number of nitrogens with zero attached hydrogens (tertiary/aromatic N) is 4. The van der Waals surface area contributed by atoms with E-state index in [0.717, 1.165) is 28.2 Å². The number of amides is 1. The van der Waals surface area contributed by atoms with Gasteiger partial charge < -0.3 is 9.64 Å². The van der Waals surface area contributed by atoms with Gasteiger partial charge in [0.25, 0.3) is 5.91 Å². The lowest BCUT2D eigenvalue weighted by molar-refractivity contribution is 0.0743. The number of likely N-dealkylation sites (N-methyl/N-ethyl adjacent to an activating group) is 1. The Labute approximate surface area is 187 Å². The summed E-state index contributed by atoms with van der Waals surface area (Å²) in [7, 11) is 3.40. The van der Waals surface area contributed by atoms with Crippen molar-refractivity contribution in [3.8, 4) is 11.8 Å². The van der Waals surface area contributed by atoms with Crippen molar-refractivity contribution in [3.05, 3.63) is 81.1 Å². The fraction of sp³-hybridized carbons (Fsp3) is 0.292. The number of methoxy groups -OCH3 is 1. The molecule has 0 saturated heterocycles. The van der Waals surface area contributed by atoms with Crippen molar-refractivity contribution in [1.29, 1.82) is 5.26 Å². The van der Waals surface area contributed by atoms with Crippen LogP contribution in [0.25, 0.3) is 5.69 Å². The van der Waals surface area contributed by atoms with Crippen LogP contribution in [0.1, 0.15) is 38.4 Å². The molecule has 1 aromatic heterocycles. The summed E-state index contributed by atoms with van der Waals surface area (Å²) < 4.78 is 6.92. The van der Waals surface area contributed by atoms with Crippen molar-refractivity contribution in [1.82, 2.24) is 14.7 Å². The minimum absolute atomic E-state index is 0.0331. The highest BCUT2D eigenvalue weighted by Crippen LogP contribution is 2.25. The first-order valence-electron chi connectivity index (χ1n) is 9.94.